The Morgan fingerprint density at radius 3 is 2.61 bits per heavy atom. The van der Waals surface area contributed by atoms with Gasteiger partial charge in [0, 0.05) is 5.39 Å². The zero-order valence-corrected chi connectivity index (χ0v) is 11.3. The third-order valence-corrected chi connectivity index (χ3v) is 3.66. The first-order valence-corrected chi connectivity index (χ1v) is 6.22. The minimum atomic E-state index is -1.10. The molecule has 2 nitrogen and oxygen atoms in total. The van der Waals surface area contributed by atoms with Crippen LogP contribution >= 0.6 is 11.6 Å². The second kappa shape index (κ2) is 4.79. The summed E-state index contributed by atoms with van der Waals surface area (Å²) in [7, 11) is 1.58. The lowest BCUT2D eigenvalue weighted by molar-refractivity contribution is 0.0836. The summed E-state index contributed by atoms with van der Waals surface area (Å²) in [6, 6.07) is 9.37. The van der Waals surface area contributed by atoms with Crippen LogP contribution < -0.4 is 4.74 Å². The molecule has 0 bridgehead atoms. The molecule has 0 saturated heterocycles. The molecule has 2 aromatic carbocycles. The Kier molecular flexibility index (Phi) is 3.51. The third-order valence-electron chi connectivity index (χ3n) is 3.27. The van der Waals surface area contributed by atoms with Gasteiger partial charge in [0.1, 0.15) is 5.75 Å². The van der Waals surface area contributed by atoms with Crippen LogP contribution in [0.25, 0.3) is 10.8 Å². The number of rotatable bonds is 3. The molecule has 0 aliphatic heterocycles. The van der Waals surface area contributed by atoms with Crippen LogP contribution in [0.4, 0.5) is 0 Å². The summed E-state index contributed by atoms with van der Waals surface area (Å²) in [5, 5.41) is 12.7. The predicted octanol–water partition coefficient (Wildman–Crippen LogP) is 3.93. The molecule has 0 aliphatic rings. The molecule has 0 aliphatic carbocycles. The van der Waals surface area contributed by atoms with Gasteiger partial charge in [-0.05, 0) is 30.4 Å². The predicted molar refractivity (Wildman–Crippen MR) is 75.1 cm³/mol. The third kappa shape index (κ3) is 2.06. The second-order valence-corrected chi connectivity index (χ2v) is 4.75. The zero-order chi connectivity index (χ0) is 13.3. The fraction of sp³-hybridized carbons (Fsp3) is 0.267. The van der Waals surface area contributed by atoms with Gasteiger partial charge < -0.3 is 9.84 Å². The van der Waals surface area contributed by atoms with Crippen LogP contribution in [0, 0.1) is 6.92 Å². The van der Waals surface area contributed by atoms with E-state index in [1.54, 1.807) is 13.2 Å². The Labute approximate surface area is 112 Å². The molecule has 0 aromatic heterocycles. The van der Waals surface area contributed by atoms with Crippen molar-refractivity contribution < 1.29 is 9.84 Å². The molecule has 0 fully saturated rings. The van der Waals surface area contributed by atoms with Crippen molar-refractivity contribution in [2.24, 2.45) is 0 Å². The average Bonchev–Trinajstić information content (AvgIpc) is 2.39. The fourth-order valence-electron chi connectivity index (χ4n) is 2.05. The first kappa shape index (κ1) is 13.2. The van der Waals surface area contributed by atoms with Gasteiger partial charge in [0.25, 0.3) is 0 Å². The van der Waals surface area contributed by atoms with Crippen LogP contribution in [0.2, 0.25) is 5.02 Å². The van der Waals surface area contributed by atoms with Crippen LogP contribution in [0.5, 0.6) is 5.75 Å². The van der Waals surface area contributed by atoms with Gasteiger partial charge in [-0.15, -0.1) is 0 Å². The molecule has 1 radical (unpaired) electrons. The minimum Gasteiger partial charge on any atom is -0.495 e. The number of hydrogen-bond acceptors (Lipinski definition) is 2. The molecular formula is C15H16ClO2. The molecule has 3 heteroatoms. The topological polar surface area (TPSA) is 29.5 Å². The number of methoxy groups -OCH3 is 1. The van der Waals surface area contributed by atoms with E-state index >= 15 is 0 Å². The maximum absolute atomic E-state index is 10.3. The molecule has 0 heterocycles. The Morgan fingerprint density at radius 1 is 1.28 bits per heavy atom. The molecule has 1 N–H and O–H groups in total. The Morgan fingerprint density at radius 2 is 2.00 bits per heavy atom. The molecule has 0 saturated carbocycles. The number of benzene rings is 2. The highest BCUT2D eigenvalue weighted by atomic mass is 35.5. The van der Waals surface area contributed by atoms with E-state index in [1.807, 2.05) is 31.2 Å². The molecular weight excluding hydrogens is 248 g/mol. The fourth-order valence-corrected chi connectivity index (χ4v) is 2.36. The summed E-state index contributed by atoms with van der Waals surface area (Å²) < 4.78 is 5.19. The van der Waals surface area contributed by atoms with Gasteiger partial charge in [0.2, 0.25) is 0 Å². The minimum absolute atomic E-state index is 0.537. The summed E-state index contributed by atoms with van der Waals surface area (Å²) in [5.74, 6) is 0.630. The standard InChI is InChI=1S/C15H16ClO2/c1-4-15(2,17)12-7-5-6-11-10(12)8-9-13(18-3)14(11)16/h5-9,17H,2,4H2,1,3H3. The van der Waals surface area contributed by atoms with Gasteiger partial charge in [0.05, 0.1) is 17.7 Å². The van der Waals surface area contributed by atoms with Crippen molar-refractivity contribution in [2.45, 2.75) is 18.9 Å². The monoisotopic (exact) mass is 263 g/mol. The summed E-state index contributed by atoms with van der Waals surface area (Å²) >= 11 is 6.28. The summed E-state index contributed by atoms with van der Waals surface area (Å²) in [5.41, 5.74) is -0.315. The number of hydrogen-bond donors (Lipinski definition) is 1. The van der Waals surface area contributed by atoms with E-state index in [0.29, 0.717) is 17.2 Å². The summed E-state index contributed by atoms with van der Waals surface area (Å²) in [6.07, 6.45) is 0.537. The summed E-state index contributed by atoms with van der Waals surface area (Å²) in [6.45, 7) is 5.76. The van der Waals surface area contributed by atoms with Crippen LogP contribution in [0.1, 0.15) is 18.9 Å². The number of halogens is 1. The van der Waals surface area contributed by atoms with Crippen molar-refractivity contribution in [2.75, 3.05) is 7.11 Å². The van der Waals surface area contributed by atoms with Crippen LogP contribution in [0.3, 0.4) is 0 Å². The lowest BCUT2D eigenvalue weighted by Crippen LogP contribution is -2.20. The quantitative estimate of drug-likeness (QED) is 0.909. The Hall–Kier alpha value is -1.25. The van der Waals surface area contributed by atoms with Crippen LogP contribution in [-0.2, 0) is 5.60 Å². The van der Waals surface area contributed by atoms with Gasteiger partial charge >= 0.3 is 0 Å². The van der Waals surface area contributed by atoms with E-state index in [-0.39, 0.29) is 0 Å². The van der Waals surface area contributed by atoms with Crippen molar-refractivity contribution >= 4 is 22.4 Å². The molecule has 1 unspecified atom stereocenters. The van der Waals surface area contributed by atoms with E-state index in [0.717, 1.165) is 16.3 Å². The van der Waals surface area contributed by atoms with Crippen molar-refractivity contribution in [3.8, 4) is 5.75 Å². The molecule has 95 valence electrons. The lowest BCUT2D eigenvalue weighted by Gasteiger charge is -2.24. The molecule has 2 rings (SSSR count). The van der Waals surface area contributed by atoms with Gasteiger partial charge in [-0.2, -0.15) is 0 Å². The highest BCUT2D eigenvalue weighted by Gasteiger charge is 2.23. The van der Waals surface area contributed by atoms with E-state index in [2.05, 4.69) is 6.92 Å². The zero-order valence-electron chi connectivity index (χ0n) is 10.5. The number of fused-ring (bicyclic) bond motifs is 1. The normalized spacial score (nSPS) is 14.5. The van der Waals surface area contributed by atoms with Crippen molar-refractivity contribution in [1.82, 2.24) is 0 Å². The Balaban J connectivity index is 2.76. The van der Waals surface area contributed by atoms with Crippen LogP contribution in [0.15, 0.2) is 30.3 Å². The summed E-state index contributed by atoms with van der Waals surface area (Å²) in [4.78, 5) is 0. The highest BCUT2D eigenvalue weighted by molar-refractivity contribution is 6.37. The number of ether oxygens (including phenoxy) is 1. The molecule has 2 aromatic rings. The van der Waals surface area contributed by atoms with Gasteiger partial charge in [-0.3, -0.25) is 0 Å². The largest absolute Gasteiger partial charge is 0.495 e. The molecule has 1 atom stereocenters. The van der Waals surface area contributed by atoms with E-state index in [1.165, 1.54) is 0 Å². The SMILES string of the molecule is [CH2]C(O)(CC)c1cccc2c(Cl)c(OC)ccc12. The number of aliphatic hydroxyl groups is 1. The maximum atomic E-state index is 10.3. The van der Waals surface area contributed by atoms with Gasteiger partial charge in [-0.25, -0.2) is 0 Å². The smallest absolute Gasteiger partial charge is 0.138 e. The van der Waals surface area contributed by atoms with E-state index < -0.39 is 5.60 Å². The first-order chi connectivity index (χ1) is 8.51. The average molecular weight is 264 g/mol. The van der Waals surface area contributed by atoms with E-state index in [4.69, 9.17) is 16.3 Å². The van der Waals surface area contributed by atoms with Gasteiger partial charge in [0.15, 0.2) is 0 Å². The van der Waals surface area contributed by atoms with E-state index in [9.17, 15) is 5.11 Å². The first-order valence-electron chi connectivity index (χ1n) is 5.84. The Bertz CT molecular complexity index is 576. The second-order valence-electron chi connectivity index (χ2n) is 4.37. The van der Waals surface area contributed by atoms with Crippen molar-refractivity contribution in [3.63, 3.8) is 0 Å². The lowest BCUT2D eigenvalue weighted by atomic mass is 9.89. The molecule has 0 spiro atoms. The maximum Gasteiger partial charge on any atom is 0.138 e. The van der Waals surface area contributed by atoms with Crippen molar-refractivity contribution in [3.05, 3.63) is 47.8 Å². The molecule has 0 amide bonds. The van der Waals surface area contributed by atoms with Crippen LogP contribution in [-0.4, -0.2) is 12.2 Å². The van der Waals surface area contributed by atoms with Gasteiger partial charge in [-0.1, -0.05) is 42.8 Å². The highest BCUT2D eigenvalue weighted by Crippen LogP contribution is 2.37. The van der Waals surface area contributed by atoms with Crippen molar-refractivity contribution in [1.29, 1.82) is 0 Å². The molecule has 18 heavy (non-hydrogen) atoms.